The molecule has 13 heavy (non-hydrogen) atoms. The molecule has 0 heterocycles. The average Bonchev–Trinajstić information content (AvgIpc) is 2.19. The summed E-state index contributed by atoms with van der Waals surface area (Å²) < 4.78 is 0. The van der Waals surface area contributed by atoms with Crippen molar-refractivity contribution in [2.75, 3.05) is 0 Å². The minimum Gasteiger partial charge on any atom is -0.475 e. The predicted octanol–water partition coefficient (Wildman–Crippen LogP) is 1.69. The van der Waals surface area contributed by atoms with Crippen molar-refractivity contribution >= 4 is 10.8 Å². The molecule has 2 aromatic rings. The molecule has 66 valence electrons. The first-order valence-corrected chi connectivity index (χ1v) is 4.49. The van der Waals surface area contributed by atoms with Crippen molar-refractivity contribution in [3.05, 3.63) is 55.1 Å². The van der Waals surface area contributed by atoms with Gasteiger partial charge >= 0.3 is 0 Å². The van der Waals surface area contributed by atoms with Gasteiger partial charge in [0.1, 0.15) is 0 Å². The Morgan fingerprint density at radius 1 is 1.00 bits per heavy atom. The van der Waals surface area contributed by atoms with Crippen molar-refractivity contribution in [1.29, 1.82) is 0 Å². The van der Waals surface area contributed by atoms with Crippen molar-refractivity contribution in [3.8, 4) is 0 Å². The number of hydrogen-bond donors (Lipinski definition) is 1. The molecule has 0 bridgehead atoms. The van der Waals surface area contributed by atoms with Gasteiger partial charge in [-0.05, 0) is 10.8 Å². The van der Waals surface area contributed by atoms with Crippen molar-refractivity contribution in [2.24, 2.45) is 0 Å². The molecule has 2 aromatic carbocycles. The van der Waals surface area contributed by atoms with E-state index in [4.69, 9.17) is 0 Å². The molecule has 0 aliphatic carbocycles. The highest BCUT2D eigenvalue weighted by Crippen LogP contribution is 2.17. The molecule has 0 saturated heterocycles. The number of rotatable bonds is 2. The number of fused-ring (bicyclic) bond motifs is 1. The molecule has 0 saturated carbocycles. The quantitative estimate of drug-likeness (QED) is 0.662. The Morgan fingerprint density at radius 3 is 2.62 bits per heavy atom. The first-order chi connectivity index (χ1) is 6.42. The second kappa shape index (κ2) is 3.58. The van der Waals surface area contributed by atoms with Crippen molar-refractivity contribution in [2.45, 2.75) is 6.54 Å². The summed E-state index contributed by atoms with van der Waals surface area (Å²) in [6.07, 6.45) is 0. The normalized spacial score (nSPS) is 10.5. The summed E-state index contributed by atoms with van der Waals surface area (Å²) >= 11 is 0. The molecule has 0 aromatic heterocycles. The zero-order chi connectivity index (χ0) is 9.10. The molecule has 0 aliphatic heterocycles. The van der Waals surface area contributed by atoms with E-state index < -0.39 is 0 Å². The van der Waals surface area contributed by atoms with Gasteiger partial charge in [0.05, 0.1) is 6.54 Å². The van der Waals surface area contributed by atoms with Gasteiger partial charge in [-0.2, -0.15) is 7.05 Å². The van der Waals surface area contributed by atoms with E-state index in [1.54, 1.807) is 0 Å². The van der Waals surface area contributed by atoms with E-state index in [9.17, 15) is 0 Å². The monoisotopic (exact) mass is 171 g/mol. The minimum absolute atomic E-state index is 0.946. The van der Waals surface area contributed by atoms with Crippen LogP contribution in [-0.4, -0.2) is 0 Å². The van der Waals surface area contributed by atoms with Crippen molar-refractivity contribution < 1.29 is 5.32 Å². The van der Waals surface area contributed by atoms with E-state index in [-0.39, 0.29) is 0 Å². The second-order valence-corrected chi connectivity index (χ2v) is 3.13. The lowest BCUT2D eigenvalue weighted by molar-refractivity contribution is -0.612. The molecule has 0 radical (unpaired) electrons. The van der Waals surface area contributed by atoms with Gasteiger partial charge in [-0.25, -0.2) is 0 Å². The maximum Gasteiger partial charge on any atom is 0.0779 e. The van der Waals surface area contributed by atoms with Crippen LogP contribution >= 0.6 is 0 Å². The minimum atomic E-state index is 0.946. The van der Waals surface area contributed by atoms with Gasteiger partial charge in [0.2, 0.25) is 0 Å². The van der Waals surface area contributed by atoms with E-state index in [1.165, 1.54) is 16.3 Å². The summed E-state index contributed by atoms with van der Waals surface area (Å²) in [5.41, 5.74) is 1.35. The van der Waals surface area contributed by atoms with E-state index >= 15 is 0 Å². The molecule has 2 rings (SSSR count). The second-order valence-electron chi connectivity index (χ2n) is 3.13. The Balaban J connectivity index is 2.61. The highest BCUT2D eigenvalue weighted by molar-refractivity contribution is 5.85. The van der Waals surface area contributed by atoms with Gasteiger partial charge in [-0.3, -0.25) is 0 Å². The number of hydrogen-bond acceptors (Lipinski definition) is 0. The van der Waals surface area contributed by atoms with Crippen molar-refractivity contribution in [3.63, 3.8) is 0 Å². The van der Waals surface area contributed by atoms with Gasteiger partial charge in [-0.15, -0.1) is 0 Å². The molecular formula is C12H13N. The third kappa shape index (κ3) is 1.56. The third-order valence-corrected chi connectivity index (χ3v) is 2.24. The highest BCUT2D eigenvalue weighted by atomic mass is 14.8. The van der Waals surface area contributed by atoms with Gasteiger partial charge in [0.25, 0.3) is 0 Å². The summed E-state index contributed by atoms with van der Waals surface area (Å²) in [4.78, 5) is 0. The zero-order valence-electron chi connectivity index (χ0n) is 7.53. The summed E-state index contributed by atoms with van der Waals surface area (Å²) in [6.45, 7) is 0.946. The van der Waals surface area contributed by atoms with Crippen LogP contribution in [0, 0.1) is 7.05 Å². The lowest BCUT2D eigenvalue weighted by Gasteiger charge is -2.05. The summed E-state index contributed by atoms with van der Waals surface area (Å²) in [5, 5.41) is 4.59. The molecule has 2 N–H and O–H groups in total. The highest BCUT2D eigenvalue weighted by Gasteiger charge is 1.98. The van der Waals surface area contributed by atoms with Crippen LogP contribution in [-0.2, 0) is 6.54 Å². The Kier molecular flexibility index (Phi) is 2.28. The summed E-state index contributed by atoms with van der Waals surface area (Å²) in [6, 6.07) is 14.8. The molecule has 0 aliphatic rings. The largest absolute Gasteiger partial charge is 0.475 e. The Bertz CT molecular complexity index is 401. The van der Waals surface area contributed by atoms with Crippen LogP contribution in [0.3, 0.4) is 0 Å². The summed E-state index contributed by atoms with van der Waals surface area (Å²) in [7, 11) is 3.76. The molecule has 1 nitrogen and oxygen atoms in total. The van der Waals surface area contributed by atoms with Crippen LogP contribution < -0.4 is 5.32 Å². The van der Waals surface area contributed by atoms with Crippen LogP contribution in [0.15, 0.2) is 42.5 Å². The van der Waals surface area contributed by atoms with Gasteiger partial charge < -0.3 is 5.32 Å². The molecule has 0 amide bonds. The van der Waals surface area contributed by atoms with Crippen LogP contribution in [0.2, 0.25) is 0 Å². The van der Waals surface area contributed by atoms with Crippen LogP contribution in [0.5, 0.6) is 0 Å². The first kappa shape index (κ1) is 8.27. The lowest BCUT2D eigenvalue weighted by atomic mass is 10.0. The zero-order valence-corrected chi connectivity index (χ0v) is 7.53. The number of benzene rings is 2. The van der Waals surface area contributed by atoms with Crippen LogP contribution in [0.25, 0.3) is 10.8 Å². The smallest absolute Gasteiger partial charge is 0.0779 e. The van der Waals surface area contributed by atoms with Gasteiger partial charge in [-0.1, -0.05) is 42.5 Å². The lowest BCUT2D eigenvalue weighted by Crippen LogP contribution is -2.74. The molecule has 1 heteroatoms. The van der Waals surface area contributed by atoms with E-state index in [0.717, 1.165) is 6.54 Å². The fraction of sp³-hybridized carbons (Fsp3) is 0.0833. The first-order valence-electron chi connectivity index (χ1n) is 4.49. The molecule has 0 unspecified atom stereocenters. The fourth-order valence-corrected chi connectivity index (χ4v) is 1.63. The van der Waals surface area contributed by atoms with Crippen LogP contribution in [0.1, 0.15) is 5.56 Å². The SMILES string of the molecule is [CH2-][NH2+]Cc1cccc2ccccc12. The van der Waals surface area contributed by atoms with Gasteiger partial charge in [0, 0.05) is 5.56 Å². The van der Waals surface area contributed by atoms with E-state index in [1.807, 2.05) is 5.32 Å². The van der Waals surface area contributed by atoms with Gasteiger partial charge in [0.15, 0.2) is 0 Å². The third-order valence-electron chi connectivity index (χ3n) is 2.24. The molecule has 0 fully saturated rings. The maximum absolute atomic E-state index is 3.76. The Labute approximate surface area is 78.4 Å². The fourth-order valence-electron chi connectivity index (χ4n) is 1.63. The molecular weight excluding hydrogens is 158 g/mol. The standard InChI is InChI=1S/C12H13N/c1-13-9-11-7-4-6-10-5-2-3-8-12(10)11/h2-8H,1,9,13H2. The topological polar surface area (TPSA) is 16.6 Å². The Hall–Kier alpha value is -1.34. The molecule has 0 spiro atoms. The molecule has 0 atom stereocenters. The Morgan fingerprint density at radius 2 is 1.77 bits per heavy atom. The van der Waals surface area contributed by atoms with Crippen LogP contribution in [0.4, 0.5) is 0 Å². The van der Waals surface area contributed by atoms with Crippen molar-refractivity contribution in [1.82, 2.24) is 0 Å². The van der Waals surface area contributed by atoms with E-state index in [0.29, 0.717) is 0 Å². The summed E-state index contributed by atoms with van der Waals surface area (Å²) in [5.74, 6) is 0. The van der Waals surface area contributed by atoms with E-state index in [2.05, 4.69) is 49.5 Å². The predicted molar refractivity (Wildman–Crippen MR) is 54.9 cm³/mol. The maximum atomic E-state index is 3.76. The average molecular weight is 171 g/mol. The number of nitrogens with two attached hydrogens (primary N) is 1. The number of quaternary nitrogens is 1.